The first-order chi connectivity index (χ1) is 10.4. The van der Waals surface area contributed by atoms with Crippen molar-refractivity contribution in [2.75, 3.05) is 31.1 Å². The summed E-state index contributed by atoms with van der Waals surface area (Å²) < 4.78 is 5.46. The molecule has 0 radical (unpaired) electrons. The number of carbonyl (C=O) groups is 1. The summed E-state index contributed by atoms with van der Waals surface area (Å²) in [5, 5.41) is 0. The van der Waals surface area contributed by atoms with Crippen LogP contribution in [0.4, 0.5) is 10.5 Å². The highest BCUT2D eigenvalue weighted by molar-refractivity contribution is 5.69. The van der Waals surface area contributed by atoms with E-state index in [1.165, 1.54) is 36.1 Å². The van der Waals surface area contributed by atoms with Crippen LogP contribution in [0.15, 0.2) is 18.2 Å². The lowest BCUT2D eigenvalue weighted by Gasteiger charge is -2.37. The lowest BCUT2D eigenvalue weighted by molar-refractivity contribution is 0.0240. The zero-order valence-electron chi connectivity index (χ0n) is 13.9. The van der Waals surface area contributed by atoms with E-state index in [1.807, 2.05) is 25.7 Å². The van der Waals surface area contributed by atoms with Gasteiger partial charge in [0.25, 0.3) is 0 Å². The molecule has 2 aliphatic rings. The van der Waals surface area contributed by atoms with E-state index < -0.39 is 5.60 Å². The van der Waals surface area contributed by atoms with Crippen LogP contribution in [-0.4, -0.2) is 42.8 Å². The quantitative estimate of drug-likeness (QED) is 0.798. The summed E-state index contributed by atoms with van der Waals surface area (Å²) in [6.45, 7) is 8.97. The van der Waals surface area contributed by atoms with Gasteiger partial charge in [-0.25, -0.2) is 4.79 Å². The molecule has 1 aromatic rings. The molecule has 3 rings (SSSR count). The highest BCUT2D eigenvalue weighted by Crippen LogP contribution is 2.31. The molecule has 1 aromatic carbocycles. The molecule has 0 atom stereocenters. The van der Waals surface area contributed by atoms with Crippen LogP contribution >= 0.6 is 0 Å². The third-order valence-corrected chi connectivity index (χ3v) is 4.39. The molecular formula is C18H26N2O2. The Hall–Kier alpha value is -1.71. The van der Waals surface area contributed by atoms with E-state index in [9.17, 15) is 4.79 Å². The predicted molar refractivity (Wildman–Crippen MR) is 88.5 cm³/mol. The van der Waals surface area contributed by atoms with Gasteiger partial charge in [-0.3, -0.25) is 0 Å². The summed E-state index contributed by atoms with van der Waals surface area (Å²) in [6.07, 6.45) is 3.48. The Kier molecular flexibility index (Phi) is 4.02. The standard InChI is InChI=1S/C18H26N2O2/c1-18(2,3)22-17(21)20-12-10-19(11-13-20)16-9-5-7-14-6-4-8-15(14)16/h5,7,9H,4,6,8,10-13H2,1-3H3. The second-order valence-electron chi connectivity index (χ2n) is 7.22. The molecule has 1 amide bonds. The van der Waals surface area contributed by atoms with Gasteiger partial charge in [0.2, 0.25) is 0 Å². The molecule has 1 saturated heterocycles. The minimum absolute atomic E-state index is 0.189. The van der Waals surface area contributed by atoms with Gasteiger partial charge in [-0.15, -0.1) is 0 Å². The fraction of sp³-hybridized carbons (Fsp3) is 0.611. The molecule has 1 aliphatic carbocycles. The van der Waals surface area contributed by atoms with Crippen molar-refractivity contribution in [3.63, 3.8) is 0 Å². The number of anilines is 1. The lowest BCUT2D eigenvalue weighted by atomic mass is 10.1. The minimum atomic E-state index is -0.422. The molecule has 1 heterocycles. The molecule has 0 unspecified atom stereocenters. The first kappa shape index (κ1) is 15.2. The second-order valence-corrected chi connectivity index (χ2v) is 7.22. The Morgan fingerprint density at radius 2 is 1.82 bits per heavy atom. The van der Waals surface area contributed by atoms with Crippen LogP contribution in [0.5, 0.6) is 0 Å². The van der Waals surface area contributed by atoms with Crippen LogP contribution in [0.1, 0.15) is 38.3 Å². The van der Waals surface area contributed by atoms with Crippen LogP contribution in [0, 0.1) is 0 Å². The molecule has 1 aliphatic heterocycles. The first-order valence-electron chi connectivity index (χ1n) is 8.28. The number of piperazine rings is 1. The van der Waals surface area contributed by atoms with Gasteiger partial charge in [0.15, 0.2) is 0 Å². The van der Waals surface area contributed by atoms with Crippen molar-refractivity contribution in [1.29, 1.82) is 0 Å². The fourth-order valence-electron chi connectivity index (χ4n) is 3.35. The van der Waals surface area contributed by atoms with Crippen LogP contribution in [-0.2, 0) is 17.6 Å². The topological polar surface area (TPSA) is 32.8 Å². The Bertz CT molecular complexity index is 555. The van der Waals surface area contributed by atoms with Gasteiger partial charge in [0.1, 0.15) is 5.60 Å². The van der Waals surface area contributed by atoms with E-state index in [1.54, 1.807) is 0 Å². The monoisotopic (exact) mass is 302 g/mol. The largest absolute Gasteiger partial charge is 0.444 e. The lowest BCUT2D eigenvalue weighted by Crippen LogP contribution is -2.50. The highest BCUT2D eigenvalue weighted by Gasteiger charge is 2.27. The maximum absolute atomic E-state index is 12.1. The highest BCUT2D eigenvalue weighted by atomic mass is 16.6. The van der Waals surface area contributed by atoms with E-state index in [4.69, 9.17) is 4.74 Å². The van der Waals surface area contributed by atoms with E-state index in [2.05, 4.69) is 23.1 Å². The summed E-state index contributed by atoms with van der Waals surface area (Å²) in [4.78, 5) is 16.4. The van der Waals surface area contributed by atoms with Crippen molar-refractivity contribution in [3.05, 3.63) is 29.3 Å². The van der Waals surface area contributed by atoms with Gasteiger partial charge >= 0.3 is 6.09 Å². The summed E-state index contributed by atoms with van der Waals surface area (Å²) in [7, 11) is 0. The Balaban J connectivity index is 1.63. The summed E-state index contributed by atoms with van der Waals surface area (Å²) >= 11 is 0. The van der Waals surface area contributed by atoms with Crippen molar-refractivity contribution in [1.82, 2.24) is 4.90 Å². The minimum Gasteiger partial charge on any atom is -0.444 e. The number of fused-ring (bicyclic) bond motifs is 1. The summed E-state index contributed by atoms with van der Waals surface area (Å²) in [5.74, 6) is 0. The van der Waals surface area contributed by atoms with Crippen LogP contribution in [0.3, 0.4) is 0 Å². The first-order valence-corrected chi connectivity index (χ1v) is 8.28. The van der Waals surface area contributed by atoms with E-state index in [0.29, 0.717) is 0 Å². The van der Waals surface area contributed by atoms with E-state index >= 15 is 0 Å². The number of benzene rings is 1. The molecule has 0 spiro atoms. The summed E-state index contributed by atoms with van der Waals surface area (Å²) in [6, 6.07) is 6.65. The third-order valence-electron chi connectivity index (χ3n) is 4.39. The number of hydrogen-bond acceptors (Lipinski definition) is 3. The number of nitrogens with zero attached hydrogens (tertiary/aromatic N) is 2. The number of rotatable bonds is 1. The number of carbonyl (C=O) groups excluding carboxylic acids is 1. The number of ether oxygens (including phenoxy) is 1. The van der Waals surface area contributed by atoms with Gasteiger partial charge in [0, 0.05) is 31.9 Å². The SMILES string of the molecule is CC(C)(C)OC(=O)N1CCN(c2cccc3c2CCC3)CC1. The number of aryl methyl sites for hydroxylation is 1. The average Bonchev–Trinajstić information content (AvgIpc) is 2.94. The maximum Gasteiger partial charge on any atom is 0.410 e. The Morgan fingerprint density at radius 1 is 1.09 bits per heavy atom. The van der Waals surface area contributed by atoms with Crippen LogP contribution in [0.25, 0.3) is 0 Å². The van der Waals surface area contributed by atoms with Crippen molar-refractivity contribution in [3.8, 4) is 0 Å². The van der Waals surface area contributed by atoms with Gasteiger partial charge in [-0.1, -0.05) is 12.1 Å². The van der Waals surface area contributed by atoms with Gasteiger partial charge < -0.3 is 14.5 Å². The van der Waals surface area contributed by atoms with E-state index in [-0.39, 0.29) is 6.09 Å². The van der Waals surface area contributed by atoms with Gasteiger partial charge in [-0.05, 0) is 57.2 Å². The summed E-state index contributed by atoms with van der Waals surface area (Å²) in [5.41, 5.74) is 3.98. The molecule has 22 heavy (non-hydrogen) atoms. The Morgan fingerprint density at radius 3 is 2.50 bits per heavy atom. The number of hydrogen-bond donors (Lipinski definition) is 0. The van der Waals surface area contributed by atoms with Crippen molar-refractivity contribution in [2.24, 2.45) is 0 Å². The smallest absolute Gasteiger partial charge is 0.410 e. The van der Waals surface area contributed by atoms with E-state index in [0.717, 1.165) is 26.2 Å². The van der Waals surface area contributed by atoms with Crippen molar-refractivity contribution >= 4 is 11.8 Å². The number of amides is 1. The van der Waals surface area contributed by atoms with Crippen molar-refractivity contribution in [2.45, 2.75) is 45.6 Å². The molecule has 1 fully saturated rings. The molecule has 4 heteroatoms. The van der Waals surface area contributed by atoms with Gasteiger partial charge in [0.05, 0.1) is 0 Å². The normalized spacial score (nSPS) is 18.3. The van der Waals surface area contributed by atoms with Crippen LogP contribution in [0.2, 0.25) is 0 Å². The maximum atomic E-state index is 12.1. The predicted octanol–water partition coefficient (Wildman–Crippen LogP) is 3.23. The van der Waals surface area contributed by atoms with Crippen LogP contribution < -0.4 is 4.90 Å². The molecule has 0 aromatic heterocycles. The molecule has 0 bridgehead atoms. The zero-order chi connectivity index (χ0) is 15.7. The zero-order valence-corrected chi connectivity index (χ0v) is 13.9. The molecule has 0 N–H and O–H groups in total. The molecule has 120 valence electrons. The molecule has 4 nitrogen and oxygen atoms in total. The second kappa shape index (κ2) is 5.82. The van der Waals surface area contributed by atoms with Crippen molar-refractivity contribution < 1.29 is 9.53 Å². The third kappa shape index (κ3) is 3.21. The average molecular weight is 302 g/mol. The molecular weight excluding hydrogens is 276 g/mol. The van der Waals surface area contributed by atoms with Gasteiger partial charge in [-0.2, -0.15) is 0 Å². The molecule has 0 saturated carbocycles. The Labute approximate surface area is 133 Å². The fourth-order valence-corrected chi connectivity index (χ4v) is 3.35.